The van der Waals surface area contributed by atoms with Crippen LogP contribution in [0, 0.1) is 13.8 Å². The lowest BCUT2D eigenvalue weighted by Gasteiger charge is -2.29. The van der Waals surface area contributed by atoms with Crippen LogP contribution in [0.2, 0.25) is 0 Å². The van der Waals surface area contributed by atoms with E-state index in [4.69, 9.17) is 0 Å². The van der Waals surface area contributed by atoms with Gasteiger partial charge in [-0.15, -0.1) is 0 Å². The van der Waals surface area contributed by atoms with E-state index in [0.717, 1.165) is 24.9 Å². The molecule has 21 heavy (non-hydrogen) atoms. The summed E-state index contributed by atoms with van der Waals surface area (Å²) in [5, 5.41) is 12.7. The Morgan fingerprint density at radius 3 is 2.86 bits per heavy atom. The Morgan fingerprint density at radius 1 is 1.43 bits per heavy atom. The molecule has 1 fully saturated rings. The highest BCUT2D eigenvalue weighted by atomic mass is 16.3. The Bertz CT molecular complexity index is 502. The summed E-state index contributed by atoms with van der Waals surface area (Å²) in [5.74, 6) is 0.0230. The third kappa shape index (κ3) is 4.55. The van der Waals surface area contributed by atoms with E-state index in [1.54, 1.807) is 0 Å². The Balaban J connectivity index is 1.88. The highest BCUT2D eigenvalue weighted by Crippen LogP contribution is 2.17. The van der Waals surface area contributed by atoms with Gasteiger partial charge in [-0.1, -0.05) is 18.2 Å². The van der Waals surface area contributed by atoms with Crippen molar-refractivity contribution >= 4 is 5.91 Å². The number of aryl methyl sites for hydroxylation is 2. The van der Waals surface area contributed by atoms with Crippen LogP contribution in [0.25, 0.3) is 0 Å². The smallest absolute Gasteiger partial charge is 0.234 e. The Labute approximate surface area is 127 Å². The van der Waals surface area contributed by atoms with Gasteiger partial charge in [0, 0.05) is 6.54 Å². The molecule has 1 amide bonds. The second-order valence-corrected chi connectivity index (χ2v) is 6.16. The predicted octanol–water partition coefficient (Wildman–Crippen LogP) is 1.94. The molecule has 1 aromatic rings. The number of carbonyl (C=O) groups is 1. The summed E-state index contributed by atoms with van der Waals surface area (Å²) in [6.07, 6.45) is 1.52. The summed E-state index contributed by atoms with van der Waals surface area (Å²) in [7, 11) is 0. The molecule has 0 aliphatic carbocycles. The number of nitrogens with one attached hydrogen (secondary N) is 1. The molecule has 0 radical (unpaired) electrons. The minimum Gasteiger partial charge on any atom is -0.392 e. The van der Waals surface area contributed by atoms with Crippen LogP contribution >= 0.6 is 0 Å². The van der Waals surface area contributed by atoms with Gasteiger partial charge < -0.3 is 10.4 Å². The second kappa shape index (κ2) is 7.05. The van der Waals surface area contributed by atoms with E-state index in [1.807, 2.05) is 11.8 Å². The van der Waals surface area contributed by atoms with Gasteiger partial charge in [-0.05, 0) is 56.8 Å². The van der Waals surface area contributed by atoms with E-state index in [9.17, 15) is 9.90 Å². The van der Waals surface area contributed by atoms with Gasteiger partial charge >= 0.3 is 0 Å². The first-order chi connectivity index (χ1) is 9.95. The van der Waals surface area contributed by atoms with Crippen LogP contribution in [0.15, 0.2) is 18.2 Å². The number of β-amino-alcohol motifs (C(OH)–C–C–N with tert-alkyl or cyclic N) is 1. The van der Waals surface area contributed by atoms with Gasteiger partial charge in [-0.3, -0.25) is 9.69 Å². The average Bonchev–Trinajstić information content (AvgIpc) is 2.41. The quantitative estimate of drug-likeness (QED) is 0.891. The van der Waals surface area contributed by atoms with Crippen LogP contribution < -0.4 is 5.32 Å². The summed E-state index contributed by atoms with van der Waals surface area (Å²) >= 11 is 0. The second-order valence-electron chi connectivity index (χ2n) is 6.16. The summed E-state index contributed by atoms with van der Waals surface area (Å²) in [6.45, 7) is 8.04. The third-order valence-corrected chi connectivity index (χ3v) is 4.26. The number of benzene rings is 1. The monoisotopic (exact) mass is 290 g/mol. The van der Waals surface area contributed by atoms with Gasteiger partial charge in [-0.25, -0.2) is 0 Å². The zero-order chi connectivity index (χ0) is 15.4. The van der Waals surface area contributed by atoms with Gasteiger partial charge in [0.1, 0.15) is 0 Å². The van der Waals surface area contributed by atoms with Crippen LogP contribution in [0.5, 0.6) is 0 Å². The van der Waals surface area contributed by atoms with E-state index in [1.165, 1.54) is 11.1 Å². The molecular formula is C17H26N2O2. The molecule has 0 aromatic heterocycles. The van der Waals surface area contributed by atoms with Gasteiger partial charge in [0.25, 0.3) is 0 Å². The molecule has 1 aliphatic heterocycles. The average molecular weight is 290 g/mol. The predicted molar refractivity (Wildman–Crippen MR) is 84.2 cm³/mol. The number of aliphatic hydroxyl groups excluding tert-OH is 1. The Hall–Kier alpha value is -1.39. The maximum Gasteiger partial charge on any atom is 0.234 e. The molecule has 2 atom stereocenters. The normalized spacial score (nSPS) is 21.0. The van der Waals surface area contributed by atoms with Gasteiger partial charge in [-0.2, -0.15) is 0 Å². The molecular weight excluding hydrogens is 264 g/mol. The molecule has 0 spiro atoms. The van der Waals surface area contributed by atoms with Crippen LogP contribution in [0.3, 0.4) is 0 Å². The van der Waals surface area contributed by atoms with Crippen molar-refractivity contribution in [3.8, 4) is 0 Å². The molecule has 2 N–H and O–H groups in total. The number of amides is 1. The molecule has 0 saturated carbocycles. The van der Waals surface area contributed by atoms with Crippen molar-refractivity contribution in [1.29, 1.82) is 0 Å². The fraction of sp³-hybridized carbons (Fsp3) is 0.588. The first kappa shape index (κ1) is 16.0. The highest BCUT2D eigenvalue weighted by Gasteiger charge is 2.20. The minimum absolute atomic E-state index is 0.00603. The topological polar surface area (TPSA) is 52.6 Å². The molecule has 1 aliphatic rings. The van der Waals surface area contributed by atoms with Crippen LogP contribution in [-0.2, 0) is 4.79 Å². The largest absolute Gasteiger partial charge is 0.392 e. The van der Waals surface area contributed by atoms with Crippen molar-refractivity contribution in [2.75, 3.05) is 19.6 Å². The van der Waals surface area contributed by atoms with Gasteiger partial charge in [0.2, 0.25) is 5.91 Å². The van der Waals surface area contributed by atoms with Crippen molar-refractivity contribution < 1.29 is 9.90 Å². The number of nitrogens with zero attached hydrogens (tertiary/aromatic N) is 1. The first-order valence-electron chi connectivity index (χ1n) is 7.72. The summed E-state index contributed by atoms with van der Waals surface area (Å²) < 4.78 is 0. The summed E-state index contributed by atoms with van der Waals surface area (Å²) in [6, 6.07) is 6.29. The van der Waals surface area contributed by atoms with E-state index < -0.39 is 0 Å². The number of carbonyl (C=O) groups excluding carboxylic acids is 1. The number of hydrogen-bond acceptors (Lipinski definition) is 3. The Morgan fingerprint density at radius 2 is 2.19 bits per heavy atom. The maximum absolute atomic E-state index is 12.1. The molecule has 4 nitrogen and oxygen atoms in total. The lowest BCUT2D eigenvalue weighted by Crippen LogP contribution is -2.44. The number of likely N-dealkylation sites (tertiary alicyclic amines) is 1. The standard InChI is InChI=1S/C17H26N2O2/c1-12-6-7-15(9-13(12)2)14(3)18-17(21)11-19-8-4-5-16(20)10-19/h6-7,9,14,16,20H,4-5,8,10-11H2,1-3H3,(H,18,21). The van der Waals surface area contributed by atoms with Crippen molar-refractivity contribution in [3.05, 3.63) is 34.9 Å². The van der Waals surface area contributed by atoms with Crippen LogP contribution in [-0.4, -0.2) is 41.7 Å². The molecule has 4 heteroatoms. The molecule has 1 heterocycles. The first-order valence-corrected chi connectivity index (χ1v) is 7.72. The Kier molecular flexibility index (Phi) is 5.37. The summed E-state index contributed by atoms with van der Waals surface area (Å²) in [5.41, 5.74) is 3.64. The van der Waals surface area contributed by atoms with Gasteiger partial charge in [0.15, 0.2) is 0 Å². The molecule has 2 rings (SSSR count). The minimum atomic E-state index is -0.288. The highest BCUT2D eigenvalue weighted by molar-refractivity contribution is 5.78. The maximum atomic E-state index is 12.1. The van der Waals surface area contributed by atoms with E-state index >= 15 is 0 Å². The van der Waals surface area contributed by atoms with Crippen LogP contribution in [0.4, 0.5) is 0 Å². The van der Waals surface area contributed by atoms with E-state index in [0.29, 0.717) is 13.1 Å². The fourth-order valence-electron chi connectivity index (χ4n) is 2.78. The summed E-state index contributed by atoms with van der Waals surface area (Å²) in [4.78, 5) is 14.1. The van der Waals surface area contributed by atoms with Crippen molar-refractivity contribution in [2.45, 2.75) is 45.8 Å². The molecule has 1 aromatic carbocycles. The third-order valence-electron chi connectivity index (χ3n) is 4.26. The number of aliphatic hydroxyl groups is 1. The number of hydrogen-bond donors (Lipinski definition) is 2. The molecule has 0 bridgehead atoms. The van der Waals surface area contributed by atoms with Crippen molar-refractivity contribution in [2.24, 2.45) is 0 Å². The van der Waals surface area contributed by atoms with Crippen molar-refractivity contribution in [1.82, 2.24) is 10.2 Å². The number of piperidine rings is 1. The van der Waals surface area contributed by atoms with E-state index in [2.05, 4.69) is 37.4 Å². The fourth-order valence-corrected chi connectivity index (χ4v) is 2.78. The lowest BCUT2D eigenvalue weighted by molar-refractivity contribution is -0.123. The van der Waals surface area contributed by atoms with E-state index in [-0.39, 0.29) is 18.1 Å². The zero-order valence-electron chi connectivity index (χ0n) is 13.2. The van der Waals surface area contributed by atoms with Crippen molar-refractivity contribution in [3.63, 3.8) is 0 Å². The van der Waals surface area contributed by atoms with Crippen LogP contribution in [0.1, 0.15) is 42.5 Å². The van der Waals surface area contributed by atoms with Gasteiger partial charge in [0.05, 0.1) is 18.7 Å². The number of rotatable bonds is 4. The lowest BCUT2D eigenvalue weighted by atomic mass is 10.0. The molecule has 1 saturated heterocycles. The zero-order valence-corrected chi connectivity index (χ0v) is 13.2. The SMILES string of the molecule is Cc1ccc(C(C)NC(=O)CN2CCCC(O)C2)cc1C. The molecule has 116 valence electrons. The molecule has 2 unspecified atom stereocenters.